The molecule has 1 aromatic rings. The van der Waals surface area contributed by atoms with Crippen molar-refractivity contribution in [3.63, 3.8) is 0 Å². The minimum Gasteiger partial charge on any atom is -0.383 e. The van der Waals surface area contributed by atoms with Crippen LogP contribution in [0.3, 0.4) is 0 Å². The minimum atomic E-state index is -2.94. The van der Waals surface area contributed by atoms with Crippen LogP contribution in [-0.4, -0.2) is 45.4 Å². The van der Waals surface area contributed by atoms with Crippen LogP contribution in [0.2, 0.25) is 0 Å². The first-order valence-corrected chi connectivity index (χ1v) is 9.79. The molecule has 0 heterocycles. The monoisotopic (exact) mass is 331 g/mol. The van der Waals surface area contributed by atoms with Gasteiger partial charge in [0.05, 0.1) is 17.6 Å². The molecule has 1 rings (SSSR count). The molecule has 120 valence electrons. The van der Waals surface area contributed by atoms with Gasteiger partial charge in [-0.2, -0.15) is 0 Å². The van der Waals surface area contributed by atoms with Crippen LogP contribution in [0.4, 0.5) is 0 Å². The predicted molar refractivity (Wildman–Crippen MR) is 89.7 cm³/mol. The Hall–Kier alpha value is -0.560. The first-order chi connectivity index (χ1) is 9.95. The second-order valence-corrected chi connectivity index (χ2v) is 8.92. The molecular weight excluding hydrogens is 306 g/mol. The minimum absolute atomic E-state index is 0.232. The van der Waals surface area contributed by atoms with Gasteiger partial charge in [0.1, 0.15) is 0 Å². The summed E-state index contributed by atoms with van der Waals surface area (Å²) in [7, 11) is -1.25. The standard InChI is InChI=1S/C15H25NO3S2/c1-13(2)21(17,18)11-10-20-15-6-4-14(5-7-15)12-16-8-9-19-3/h4-7,13,16H,8-12H2,1-3H3. The highest BCUT2D eigenvalue weighted by atomic mass is 32.2. The number of benzene rings is 1. The zero-order valence-electron chi connectivity index (χ0n) is 13.0. The molecule has 0 aliphatic rings. The van der Waals surface area contributed by atoms with Crippen molar-refractivity contribution in [3.8, 4) is 0 Å². The van der Waals surface area contributed by atoms with Gasteiger partial charge < -0.3 is 10.1 Å². The van der Waals surface area contributed by atoms with Gasteiger partial charge in [0, 0.05) is 30.8 Å². The van der Waals surface area contributed by atoms with Crippen molar-refractivity contribution in [3.05, 3.63) is 29.8 Å². The molecule has 0 aliphatic carbocycles. The van der Waals surface area contributed by atoms with E-state index >= 15 is 0 Å². The summed E-state index contributed by atoms with van der Waals surface area (Å²) in [5.74, 6) is 0.835. The quantitative estimate of drug-likeness (QED) is 0.527. The van der Waals surface area contributed by atoms with Crippen LogP contribution in [0.5, 0.6) is 0 Å². The van der Waals surface area contributed by atoms with E-state index in [9.17, 15) is 8.42 Å². The number of methoxy groups -OCH3 is 1. The lowest BCUT2D eigenvalue weighted by Crippen LogP contribution is -2.19. The third-order valence-corrected chi connectivity index (χ3v) is 6.57. The van der Waals surface area contributed by atoms with Crippen LogP contribution in [-0.2, 0) is 21.1 Å². The van der Waals surface area contributed by atoms with Crippen molar-refractivity contribution in [1.82, 2.24) is 5.32 Å². The van der Waals surface area contributed by atoms with Gasteiger partial charge in [-0.1, -0.05) is 12.1 Å². The molecule has 0 spiro atoms. The van der Waals surface area contributed by atoms with E-state index < -0.39 is 9.84 Å². The summed E-state index contributed by atoms with van der Waals surface area (Å²) >= 11 is 1.59. The molecule has 21 heavy (non-hydrogen) atoms. The molecule has 1 N–H and O–H groups in total. The SMILES string of the molecule is COCCNCc1ccc(SCCS(=O)(=O)C(C)C)cc1. The van der Waals surface area contributed by atoms with Gasteiger partial charge in [-0.3, -0.25) is 0 Å². The molecule has 0 aromatic heterocycles. The summed E-state index contributed by atoms with van der Waals surface area (Å²) in [6.07, 6.45) is 0. The Bertz CT molecular complexity index is 498. The van der Waals surface area contributed by atoms with Gasteiger partial charge >= 0.3 is 0 Å². The normalized spacial score (nSPS) is 12.0. The second kappa shape index (κ2) is 9.46. The fourth-order valence-electron chi connectivity index (χ4n) is 1.62. The second-order valence-electron chi connectivity index (χ2n) is 5.08. The Morgan fingerprint density at radius 1 is 1.24 bits per heavy atom. The number of hydrogen-bond donors (Lipinski definition) is 1. The highest BCUT2D eigenvalue weighted by Crippen LogP contribution is 2.19. The van der Waals surface area contributed by atoms with Crippen LogP contribution in [0.25, 0.3) is 0 Å². The Kier molecular flexibility index (Phi) is 8.33. The van der Waals surface area contributed by atoms with E-state index in [-0.39, 0.29) is 11.0 Å². The van der Waals surface area contributed by atoms with Crippen molar-refractivity contribution in [2.24, 2.45) is 0 Å². The molecule has 0 unspecified atom stereocenters. The third kappa shape index (κ3) is 7.31. The van der Waals surface area contributed by atoms with E-state index in [1.807, 2.05) is 12.1 Å². The number of thioether (sulfide) groups is 1. The van der Waals surface area contributed by atoms with Crippen molar-refractivity contribution in [2.75, 3.05) is 31.8 Å². The van der Waals surface area contributed by atoms with Crippen LogP contribution in [0.15, 0.2) is 29.2 Å². The maximum absolute atomic E-state index is 11.7. The fraction of sp³-hybridized carbons (Fsp3) is 0.600. The molecule has 0 bridgehead atoms. The van der Waals surface area contributed by atoms with Crippen LogP contribution in [0, 0.1) is 0 Å². The molecule has 0 aliphatic heterocycles. The molecule has 1 aromatic carbocycles. The van der Waals surface area contributed by atoms with Crippen molar-refractivity contribution in [2.45, 2.75) is 30.5 Å². The predicted octanol–water partition coefficient (Wildman–Crippen LogP) is 2.34. The lowest BCUT2D eigenvalue weighted by molar-refractivity contribution is 0.199. The zero-order chi connectivity index (χ0) is 15.7. The van der Waals surface area contributed by atoms with E-state index in [0.29, 0.717) is 12.4 Å². The highest BCUT2D eigenvalue weighted by molar-refractivity contribution is 8.00. The van der Waals surface area contributed by atoms with E-state index in [4.69, 9.17) is 4.74 Å². The highest BCUT2D eigenvalue weighted by Gasteiger charge is 2.15. The topological polar surface area (TPSA) is 55.4 Å². The summed E-state index contributed by atoms with van der Waals surface area (Å²) in [6, 6.07) is 8.22. The summed E-state index contributed by atoms with van der Waals surface area (Å²) in [5.41, 5.74) is 1.21. The van der Waals surface area contributed by atoms with E-state index in [1.165, 1.54) is 5.56 Å². The van der Waals surface area contributed by atoms with Crippen molar-refractivity contribution in [1.29, 1.82) is 0 Å². The van der Waals surface area contributed by atoms with Gasteiger partial charge in [0.15, 0.2) is 9.84 Å². The average Bonchev–Trinajstić information content (AvgIpc) is 2.45. The molecular formula is C15H25NO3S2. The number of ether oxygens (including phenoxy) is 1. The molecule has 0 saturated heterocycles. The van der Waals surface area contributed by atoms with Gasteiger partial charge in [0.25, 0.3) is 0 Å². The number of rotatable bonds is 10. The van der Waals surface area contributed by atoms with Crippen molar-refractivity contribution >= 4 is 21.6 Å². The average molecular weight is 332 g/mol. The maximum atomic E-state index is 11.7. The largest absolute Gasteiger partial charge is 0.383 e. The van der Waals surface area contributed by atoms with Crippen LogP contribution in [0.1, 0.15) is 19.4 Å². The van der Waals surface area contributed by atoms with Crippen LogP contribution >= 0.6 is 11.8 Å². The zero-order valence-corrected chi connectivity index (χ0v) is 14.6. The number of nitrogens with one attached hydrogen (secondary N) is 1. The maximum Gasteiger partial charge on any atom is 0.153 e. The van der Waals surface area contributed by atoms with Crippen molar-refractivity contribution < 1.29 is 13.2 Å². The fourth-order valence-corrected chi connectivity index (χ4v) is 3.92. The number of hydrogen-bond acceptors (Lipinski definition) is 5. The Labute approximate surface area is 132 Å². The first kappa shape index (κ1) is 18.5. The molecule has 0 amide bonds. The summed E-state index contributed by atoms with van der Waals surface area (Å²) in [6.45, 7) is 5.81. The molecule has 0 fully saturated rings. The summed E-state index contributed by atoms with van der Waals surface area (Å²) < 4.78 is 28.4. The Balaban J connectivity index is 2.34. The van der Waals surface area contributed by atoms with Gasteiger partial charge in [-0.25, -0.2) is 8.42 Å². The third-order valence-electron chi connectivity index (χ3n) is 3.09. The molecule has 4 nitrogen and oxygen atoms in total. The molecule has 0 atom stereocenters. The lowest BCUT2D eigenvalue weighted by Gasteiger charge is -2.08. The van der Waals surface area contributed by atoms with Gasteiger partial charge in [0.2, 0.25) is 0 Å². The smallest absolute Gasteiger partial charge is 0.153 e. The summed E-state index contributed by atoms with van der Waals surface area (Å²) in [5, 5.41) is 2.99. The Morgan fingerprint density at radius 2 is 1.90 bits per heavy atom. The molecule has 0 radical (unpaired) electrons. The van der Waals surface area contributed by atoms with E-state index in [0.717, 1.165) is 18.0 Å². The van der Waals surface area contributed by atoms with E-state index in [1.54, 1.807) is 32.7 Å². The first-order valence-electron chi connectivity index (χ1n) is 7.08. The van der Waals surface area contributed by atoms with Gasteiger partial charge in [-0.05, 0) is 31.5 Å². The lowest BCUT2D eigenvalue weighted by atomic mass is 10.2. The van der Waals surface area contributed by atoms with E-state index in [2.05, 4.69) is 17.4 Å². The van der Waals surface area contributed by atoms with Crippen LogP contribution < -0.4 is 5.32 Å². The summed E-state index contributed by atoms with van der Waals surface area (Å²) in [4.78, 5) is 1.11. The van der Waals surface area contributed by atoms with Gasteiger partial charge in [-0.15, -0.1) is 11.8 Å². The molecule has 6 heteroatoms. The molecule has 0 saturated carbocycles. The number of sulfone groups is 1. The Morgan fingerprint density at radius 3 is 2.48 bits per heavy atom.